The van der Waals surface area contributed by atoms with Crippen molar-refractivity contribution in [3.63, 3.8) is 0 Å². The van der Waals surface area contributed by atoms with E-state index in [2.05, 4.69) is 0 Å². The molecule has 0 N–H and O–H groups in total. The van der Waals surface area contributed by atoms with Crippen molar-refractivity contribution in [3.05, 3.63) is 63.9 Å². The molecule has 164 valence electrons. The van der Waals surface area contributed by atoms with Crippen molar-refractivity contribution in [2.75, 3.05) is 13.1 Å². The first-order valence-corrected chi connectivity index (χ1v) is 10.6. The minimum atomic E-state index is -0.517. The van der Waals surface area contributed by atoms with Crippen LogP contribution in [-0.4, -0.2) is 29.7 Å². The van der Waals surface area contributed by atoms with E-state index in [1.54, 1.807) is 17.0 Å². The first-order valence-electron chi connectivity index (χ1n) is 10.3. The van der Waals surface area contributed by atoms with Gasteiger partial charge >= 0.3 is 6.09 Å². The molecular formula is C24H26ClFN2O3. The summed E-state index contributed by atoms with van der Waals surface area (Å²) < 4.78 is 25.3. The number of likely N-dealkylation sites (tertiary alicyclic amines) is 1. The zero-order valence-corrected chi connectivity index (χ0v) is 18.7. The third-order valence-corrected chi connectivity index (χ3v) is 5.55. The van der Waals surface area contributed by atoms with Crippen LogP contribution in [0.3, 0.4) is 0 Å². The summed E-state index contributed by atoms with van der Waals surface area (Å²) in [7, 11) is 0. The van der Waals surface area contributed by atoms with E-state index in [0.717, 1.165) is 18.4 Å². The number of amides is 1. The fourth-order valence-electron chi connectivity index (χ4n) is 3.54. The van der Waals surface area contributed by atoms with Gasteiger partial charge < -0.3 is 14.4 Å². The lowest BCUT2D eigenvalue weighted by Gasteiger charge is -2.34. The summed E-state index contributed by atoms with van der Waals surface area (Å²) in [6, 6.07) is 11.8. The highest BCUT2D eigenvalue weighted by atomic mass is 35.5. The number of benzene rings is 2. The lowest BCUT2D eigenvalue weighted by Crippen LogP contribution is -2.41. The summed E-state index contributed by atoms with van der Waals surface area (Å²) in [5, 5.41) is 9.36. The van der Waals surface area contributed by atoms with E-state index >= 15 is 0 Å². The maximum Gasteiger partial charge on any atom is 0.410 e. The quantitative estimate of drug-likeness (QED) is 0.576. The Morgan fingerprint density at radius 2 is 1.97 bits per heavy atom. The van der Waals surface area contributed by atoms with Gasteiger partial charge in [0.1, 0.15) is 23.8 Å². The predicted molar refractivity (Wildman–Crippen MR) is 117 cm³/mol. The summed E-state index contributed by atoms with van der Waals surface area (Å²) in [5.74, 6) is 0.194. The number of nitriles is 1. The van der Waals surface area contributed by atoms with E-state index in [1.807, 2.05) is 39.0 Å². The van der Waals surface area contributed by atoms with Crippen molar-refractivity contribution in [2.24, 2.45) is 0 Å². The second-order valence-corrected chi connectivity index (χ2v) is 8.99. The van der Waals surface area contributed by atoms with Crippen molar-refractivity contribution < 1.29 is 18.7 Å². The molecule has 0 radical (unpaired) electrons. The fraction of sp³-hybridized carbons (Fsp3) is 0.417. The first kappa shape index (κ1) is 22.9. The smallest absolute Gasteiger partial charge is 0.410 e. The Kier molecular flexibility index (Phi) is 7.07. The highest BCUT2D eigenvalue weighted by Crippen LogP contribution is 2.38. The molecule has 0 saturated carbocycles. The number of nitrogens with zero attached hydrogens (tertiary/aromatic N) is 2. The Bertz CT molecular complexity index is 989. The van der Waals surface area contributed by atoms with Crippen LogP contribution in [0.5, 0.6) is 5.75 Å². The minimum absolute atomic E-state index is 0.0117. The molecule has 0 bridgehead atoms. The summed E-state index contributed by atoms with van der Waals surface area (Å²) >= 11 is 6.61. The van der Waals surface area contributed by atoms with Gasteiger partial charge in [-0.1, -0.05) is 29.8 Å². The Labute approximate surface area is 187 Å². The summed E-state index contributed by atoms with van der Waals surface area (Å²) in [4.78, 5) is 14.0. The molecule has 1 aliphatic heterocycles. The first-order chi connectivity index (χ1) is 14.7. The number of carbonyl (C=O) groups excluding carboxylic acids is 1. The van der Waals surface area contributed by atoms with E-state index in [9.17, 15) is 9.18 Å². The third kappa shape index (κ3) is 5.89. The van der Waals surface area contributed by atoms with E-state index in [4.69, 9.17) is 26.3 Å². The molecule has 1 saturated heterocycles. The number of hydrogen-bond donors (Lipinski definition) is 0. The van der Waals surface area contributed by atoms with Gasteiger partial charge in [-0.2, -0.15) is 5.26 Å². The van der Waals surface area contributed by atoms with Crippen LogP contribution >= 0.6 is 11.6 Å². The van der Waals surface area contributed by atoms with Crippen LogP contribution in [0.4, 0.5) is 9.18 Å². The van der Waals surface area contributed by atoms with Gasteiger partial charge in [-0.25, -0.2) is 9.18 Å². The van der Waals surface area contributed by atoms with Gasteiger partial charge in [0.05, 0.1) is 16.7 Å². The molecule has 0 atom stereocenters. The Morgan fingerprint density at radius 3 is 2.58 bits per heavy atom. The third-order valence-electron chi connectivity index (χ3n) is 5.14. The number of rotatable bonds is 4. The van der Waals surface area contributed by atoms with Crippen LogP contribution in [0, 0.1) is 17.1 Å². The maximum atomic E-state index is 14.1. The largest absolute Gasteiger partial charge is 0.487 e. The molecule has 0 unspecified atom stereocenters. The Balaban J connectivity index is 1.64. The van der Waals surface area contributed by atoms with Gasteiger partial charge in [0.15, 0.2) is 0 Å². The average molecular weight is 445 g/mol. The lowest BCUT2D eigenvalue weighted by molar-refractivity contribution is 0.0205. The molecule has 2 aromatic carbocycles. The van der Waals surface area contributed by atoms with Crippen molar-refractivity contribution in [3.8, 4) is 11.8 Å². The van der Waals surface area contributed by atoms with Crippen LogP contribution in [0.15, 0.2) is 36.4 Å². The van der Waals surface area contributed by atoms with Crippen LogP contribution in [0.1, 0.15) is 56.2 Å². The van der Waals surface area contributed by atoms with Crippen molar-refractivity contribution >= 4 is 17.7 Å². The fourth-order valence-corrected chi connectivity index (χ4v) is 3.88. The molecule has 0 aromatic heterocycles. The van der Waals surface area contributed by atoms with Gasteiger partial charge in [0, 0.05) is 18.7 Å². The summed E-state index contributed by atoms with van der Waals surface area (Å²) in [5.41, 5.74) is 1.06. The molecule has 0 aliphatic carbocycles. The molecule has 7 heteroatoms. The zero-order chi connectivity index (χ0) is 22.6. The van der Waals surface area contributed by atoms with E-state index < -0.39 is 11.4 Å². The molecule has 2 aromatic rings. The number of piperidine rings is 1. The standard InChI is InChI=1S/C24H26ClFN2O3/c1-24(2,3)31-23(29)28-11-9-17(10-12-28)19-5-4-6-21(22(19)25)30-15-18-8-7-16(14-27)13-20(18)26/h4-8,13,17H,9-12,15H2,1-3H3. The monoisotopic (exact) mass is 444 g/mol. The Morgan fingerprint density at radius 1 is 1.26 bits per heavy atom. The van der Waals surface area contributed by atoms with Crippen LogP contribution in [-0.2, 0) is 11.3 Å². The van der Waals surface area contributed by atoms with Crippen molar-refractivity contribution in [1.82, 2.24) is 4.90 Å². The SMILES string of the molecule is CC(C)(C)OC(=O)N1CCC(c2cccc(OCc3ccc(C#N)cc3F)c2Cl)CC1. The highest BCUT2D eigenvalue weighted by Gasteiger charge is 2.28. The van der Waals surface area contributed by atoms with Crippen LogP contribution in [0.2, 0.25) is 5.02 Å². The number of halogens is 2. The van der Waals surface area contributed by atoms with E-state index in [-0.39, 0.29) is 24.2 Å². The molecule has 31 heavy (non-hydrogen) atoms. The molecule has 1 amide bonds. The zero-order valence-electron chi connectivity index (χ0n) is 18.0. The van der Waals surface area contributed by atoms with E-state index in [1.165, 1.54) is 12.1 Å². The summed E-state index contributed by atoms with van der Waals surface area (Å²) in [6.45, 7) is 6.76. The van der Waals surface area contributed by atoms with Crippen molar-refractivity contribution in [2.45, 2.75) is 51.7 Å². The molecule has 5 nitrogen and oxygen atoms in total. The van der Waals surface area contributed by atoms with Gasteiger partial charge in [0.2, 0.25) is 0 Å². The van der Waals surface area contributed by atoms with Crippen LogP contribution < -0.4 is 4.74 Å². The van der Waals surface area contributed by atoms with E-state index in [0.29, 0.717) is 29.4 Å². The number of hydrogen-bond acceptors (Lipinski definition) is 4. The molecule has 1 heterocycles. The topological polar surface area (TPSA) is 62.6 Å². The molecule has 1 aliphatic rings. The highest BCUT2D eigenvalue weighted by molar-refractivity contribution is 6.32. The maximum absolute atomic E-state index is 14.1. The second-order valence-electron chi connectivity index (χ2n) is 8.61. The minimum Gasteiger partial charge on any atom is -0.487 e. The van der Waals surface area contributed by atoms with Crippen LogP contribution in [0.25, 0.3) is 0 Å². The molecule has 1 fully saturated rings. The second kappa shape index (κ2) is 9.57. The molecule has 3 rings (SSSR count). The summed E-state index contributed by atoms with van der Waals surface area (Å²) in [6.07, 6.45) is 1.25. The predicted octanol–water partition coefficient (Wildman–Crippen LogP) is 6.04. The molecule has 0 spiro atoms. The Hall–Kier alpha value is -2.78. The number of ether oxygens (including phenoxy) is 2. The van der Waals surface area contributed by atoms with Crippen molar-refractivity contribution in [1.29, 1.82) is 5.26 Å². The number of carbonyl (C=O) groups is 1. The van der Waals surface area contributed by atoms with Gasteiger partial charge in [-0.15, -0.1) is 0 Å². The van der Waals surface area contributed by atoms with Gasteiger partial charge in [-0.05, 0) is 63.3 Å². The average Bonchev–Trinajstić information content (AvgIpc) is 2.72. The van der Waals surface area contributed by atoms with Gasteiger partial charge in [0.25, 0.3) is 0 Å². The van der Waals surface area contributed by atoms with Gasteiger partial charge in [-0.3, -0.25) is 0 Å². The molecular weight excluding hydrogens is 419 g/mol. The lowest BCUT2D eigenvalue weighted by atomic mass is 9.89. The normalized spacial score (nSPS) is 14.8.